The van der Waals surface area contributed by atoms with Gasteiger partial charge in [0.2, 0.25) is 0 Å². The number of nitrogens with zero attached hydrogens (tertiary/aromatic N) is 2. The third kappa shape index (κ3) is 3.59. The minimum absolute atomic E-state index is 0.157. The predicted molar refractivity (Wildman–Crippen MR) is 92.3 cm³/mol. The van der Waals surface area contributed by atoms with Crippen LogP contribution in [0, 0.1) is 13.8 Å². The van der Waals surface area contributed by atoms with Gasteiger partial charge in [0, 0.05) is 23.6 Å². The van der Waals surface area contributed by atoms with Crippen LogP contribution >= 0.6 is 11.8 Å². The zero-order valence-corrected chi connectivity index (χ0v) is 14.2. The van der Waals surface area contributed by atoms with E-state index in [0.29, 0.717) is 17.9 Å². The van der Waals surface area contributed by atoms with E-state index in [1.165, 1.54) is 0 Å². The molecule has 0 spiro atoms. The number of hydrogen-bond acceptors (Lipinski definition) is 4. The molecule has 1 aromatic heterocycles. The van der Waals surface area contributed by atoms with Crippen molar-refractivity contribution in [3.05, 3.63) is 47.3 Å². The molecule has 1 aromatic carbocycles. The Morgan fingerprint density at radius 2 is 2.13 bits per heavy atom. The fraction of sp³-hybridized carbons (Fsp3) is 0.412. The lowest BCUT2D eigenvalue weighted by molar-refractivity contribution is 0.0612. The van der Waals surface area contributed by atoms with Gasteiger partial charge in [-0.1, -0.05) is 0 Å². The molecule has 2 aromatic rings. The summed E-state index contributed by atoms with van der Waals surface area (Å²) in [6.45, 7) is 4.26. The van der Waals surface area contributed by atoms with Crippen molar-refractivity contribution in [2.24, 2.45) is 0 Å². The molecule has 1 aliphatic heterocycles. The Balaban J connectivity index is 1.67. The van der Waals surface area contributed by atoms with Gasteiger partial charge in [-0.3, -0.25) is 4.79 Å². The van der Waals surface area contributed by atoms with Crippen LogP contribution in [0.15, 0.2) is 30.3 Å². The van der Waals surface area contributed by atoms with E-state index >= 15 is 0 Å². The van der Waals surface area contributed by atoms with E-state index in [2.05, 4.69) is 10.4 Å². The quantitative estimate of drug-likeness (QED) is 0.900. The first kappa shape index (κ1) is 16.1. The third-order valence-electron chi connectivity index (χ3n) is 4.04. The van der Waals surface area contributed by atoms with Crippen LogP contribution in [0.5, 0.6) is 0 Å². The molecular formula is C17H21N3O2S. The fourth-order valence-electron chi connectivity index (χ4n) is 2.73. The Bertz CT molecular complexity index is 703. The number of aliphatic hydroxyl groups is 1. The van der Waals surface area contributed by atoms with E-state index in [-0.39, 0.29) is 5.91 Å². The summed E-state index contributed by atoms with van der Waals surface area (Å²) in [7, 11) is 0. The number of rotatable bonds is 4. The maximum absolute atomic E-state index is 12.2. The first-order valence-corrected chi connectivity index (χ1v) is 8.84. The predicted octanol–water partition coefficient (Wildman–Crippen LogP) is 2.09. The summed E-state index contributed by atoms with van der Waals surface area (Å²) in [6, 6.07) is 9.35. The highest BCUT2D eigenvalue weighted by atomic mass is 32.2. The summed E-state index contributed by atoms with van der Waals surface area (Å²) in [6.07, 6.45) is 0.731. The van der Waals surface area contributed by atoms with Crippen molar-refractivity contribution < 1.29 is 9.90 Å². The van der Waals surface area contributed by atoms with Crippen LogP contribution in [0.4, 0.5) is 0 Å². The molecule has 23 heavy (non-hydrogen) atoms. The smallest absolute Gasteiger partial charge is 0.251 e. The lowest BCUT2D eigenvalue weighted by Crippen LogP contribution is -2.42. The van der Waals surface area contributed by atoms with Crippen LogP contribution in [0.2, 0.25) is 0 Å². The van der Waals surface area contributed by atoms with Crippen molar-refractivity contribution in [3.63, 3.8) is 0 Å². The number of benzene rings is 1. The van der Waals surface area contributed by atoms with Crippen LogP contribution in [0.1, 0.15) is 28.2 Å². The molecule has 5 nitrogen and oxygen atoms in total. The van der Waals surface area contributed by atoms with Crippen LogP contribution < -0.4 is 5.32 Å². The van der Waals surface area contributed by atoms with E-state index in [4.69, 9.17) is 0 Å². The normalized spacial score (nSPS) is 20.7. The van der Waals surface area contributed by atoms with Crippen molar-refractivity contribution in [2.75, 3.05) is 18.1 Å². The zero-order valence-electron chi connectivity index (χ0n) is 13.4. The summed E-state index contributed by atoms with van der Waals surface area (Å²) in [5.41, 5.74) is 2.78. The SMILES string of the molecule is Cc1cc(C)n(-c2ccc(C(=O)NCC3(O)CCSC3)cc2)n1. The highest BCUT2D eigenvalue weighted by molar-refractivity contribution is 7.99. The summed E-state index contributed by atoms with van der Waals surface area (Å²) in [5, 5.41) is 17.5. The second kappa shape index (κ2) is 6.37. The molecule has 2 N–H and O–H groups in total. The number of aromatic nitrogens is 2. The highest BCUT2D eigenvalue weighted by Gasteiger charge is 2.32. The van der Waals surface area contributed by atoms with Crippen molar-refractivity contribution >= 4 is 17.7 Å². The van der Waals surface area contributed by atoms with Crippen LogP contribution in [0.3, 0.4) is 0 Å². The van der Waals surface area contributed by atoms with Crippen molar-refractivity contribution in [1.82, 2.24) is 15.1 Å². The first-order chi connectivity index (χ1) is 11.0. The number of aryl methyl sites for hydroxylation is 2. The van der Waals surface area contributed by atoms with E-state index in [1.807, 2.05) is 36.7 Å². The molecular weight excluding hydrogens is 310 g/mol. The summed E-state index contributed by atoms with van der Waals surface area (Å²) in [5.74, 6) is 1.48. The van der Waals surface area contributed by atoms with Gasteiger partial charge >= 0.3 is 0 Å². The Labute approximate surface area is 140 Å². The average molecular weight is 331 g/mol. The summed E-state index contributed by atoms with van der Waals surface area (Å²) < 4.78 is 1.86. The topological polar surface area (TPSA) is 67.2 Å². The van der Waals surface area contributed by atoms with Crippen LogP contribution in [0.25, 0.3) is 5.69 Å². The molecule has 0 radical (unpaired) electrons. The van der Waals surface area contributed by atoms with Crippen LogP contribution in [-0.2, 0) is 0 Å². The second-order valence-electron chi connectivity index (χ2n) is 6.10. The maximum atomic E-state index is 12.2. The largest absolute Gasteiger partial charge is 0.387 e. The number of carbonyl (C=O) groups is 1. The van der Waals surface area contributed by atoms with Gasteiger partial charge in [0.15, 0.2) is 0 Å². The summed E-state index contributed by atoms with van der Waals surface area (Å²) >= 11 is 1.72. The van der Waals surface area contributed by atoms with Gasteiger partial charge in [-0.2, -0.15) is 16.9 Å². The van der Waals surface area contributed by atoms with Crippen molar-refractivity contribution in [3.8, 4) is 5.69 Å². The third-order valence-corrected chi connectivity index (χ3v) is 5.28. The molecule has 3 rings (SSSR count). The number of hydrogen-bond donors (Lipinski definition) is 2. The van der Waals surface area contributed by atoms with Gasteiger partial charge in [0.25, 0.3) is 5.91 Å². The average Bonchev–Trinajstić information content (AvgIpc) is 3.11. The maximum Gasteiger partial charge on any atom is 0.251 e. The minimum Gasteiger partial charge on any atom is -0.387 e. The standard InChI is InChI=1S/C17H21N3O2S/c1-12-9-13(2)20(19-12)15-5-3-14(4-6-15)16(21)18-10-17(22)7-8-23-11-17/h3-6,9,22H,7-8,10-11H2,1-2H3,(H,18,21). The summed E-state index contributed by atoms with van der Waals surface area (Å²) in [4.78, 5) is 12.2. The molecule has 1 unspecified atom stereocenters. The first-order valence-electron chi connectivity index (χ1n) is 7.69. The molecule has 0 saturated carbocycles. The second-order valence-corrected chi connectivity index (χ2v) is 7.20. The Morgan fingerprint density at radius 3 is 2.70 bits per heavy atom. The lowest BCUT2D eigenvalue weighted by atomic mass is 10.0. The Hall–Kier alpha value is -1.79. The van der Waals surface area contributed by atoms with Crippen molar-refractivity contribution in [1.29, 1.82) is 0 Å². The highest BCUT2D eigenvalue weighted by Crippen LogP contribution is 2.27. The Morgan fingerprint density at radius 1 is 1.39 bits per heavy atom. The molecule has 6 heteroatoms. The van der Waals surface area contributed by atoms with Gasteiger partial charge in [-0.25, -0.2) is 4.68 Å². The Kier molecular flexibility index (Phi) is 4.46. The monoisotopic (exact) mass is 331 g/mol. The van der Waals surface area contributed by atoms with E-state index in [1.54, 1.807) is 23.9 Å². The number of carbonyl (C=O) groups excluding carboxylic acids is 1. The molecule has 1 aliphatic rings. The number of thioether (sulfide) groups is 1. The molecule has 1 saturated heterocycles. The van der Waals surface area contributed by atoms with Gasteiger partial charge in [-0.05, 0) is 56.4 Å². The van der Waals surface area contributed by atoms with Crippen molar-refractivity contribution in [2.45, 2.75) is 25.9 Å². The molecule has 1 atom stereocenters. The fourth-order valence-corrected chi connectivity index (χ4v) is 4.02. The number of amides is 1. The van der Waals surface area contributed by atoms with Gasteiger partial charge < -0.3 is 10.4 Å². The number of nitrogens with one attached hydrogen (secondary N) is 1. The van der Waals surface area contributed by atoms with Gasteiger partial charge in [-0.15, -0.1) is 0 Å². The van der Waals surface area contributed by atoms with Crippen LogP contribution in [-0.4, -0.2) is 44.4 Å². The van der Waals surface area contributed by atoms with Gasteiger partial charge in [0.1, 0.15) is 0 Å². The lowest BCUT2D eigenvalue weighted by Gasteiger charge is -2.21. The molecule has 0 aliphatic carbocycles. The molecule has 0 bridgehead atoms. The molecule has 1 fully saturated rings. The zero-order chi connectivity index (χ0) is 16.4. The molecule has 122 valence electrons. The van der Waals surface area contributed by atoms with Gasteiger partial charge in [0.05, 0.1) is 17.0 Å². The molecule has 1 amide bonds. The minimum atomic E-state index is -0.760. The molecule has 2 heterocycles. The van der Waals surface area contributed by atoms with E-state index < -0.39 is 5.60 Å². The van der Waals surface area contributed by atoms with E-state index in [9.17, 15) is 9.90 Å². The van der Waals surface area contributed by atoms with E-state index in [0.717, 1.165) is 29.2 Å².